The highest BCUT2D eigenvalue weighted by Gasteiger charge is 2.64. The van der Waals surface area contributed by atoms with E-state index in [0.717, 1.165) is 5.56 Å². The van der Waals surface area contributed by atoms with E-state index in [0.29, 0.717) is 29.2 Å². The molecule has 5 rings (SSSR count). The number of halogens is 1. The van der Waals surface area contributed by atoms with Crippen molar-refractivity contribution in [2.75, 3.05) is 14.1 Å². The number of hydrogen-bond acceptors (Lipinski definition) is 9. The lowest BCUT2D eigenvalue weighted by Crippen LogP contribution is -2.65. The van der Waals surface area contributed by atoms with Gasteiger partial charge in [0.05, 0.1) is 11.6 Å². The summed E-state index contributed by atoms with van der Waals surface area (Å²) in [6.45, 7) is 0.780. The number of aliphatic hydroxyl groups is 3. The quantitative estimate of drug-likeness (QED) is 0.317. The molecule has 1 saturated carbocycles. The first-order chi connectivity index (χ1) is 15.9. The van der Waals surface area contributed by atoms with Crippen LogP contribution in [0.25, 0.3) is 5.76 Å². The van der Waals surface area contributed by atoms with Gasteiger partial charge in [0.2, 0.25) is 5.78 Å². The van der Waals surface area contributed by atoms with Crippen LogP contribution in [0.1, 0.15) is 28.7 Å². The van der Waals surface area contributed by atoms with E-state index in [-0.39, 0.29) is 29.7 Å². The number of Topliss-reactive ketones (excluding diaryl/α,β-unsaturated/α-hetero) is 2. The number of nitrogens with two attached hydrogens (primary N) is 1. The number of carbonyl (C=O) groups is 3. The highest BCUT2D eigenvalue weighted by molar-refractivity contribution is 6.33. The van der Waals surface area contributed by atoms with Gasteiger partial charge in [0, 0.05) is 35.2 Å². The highest BCUT2D eigenvalue weighted by Crippen LogP contribution is 2.54. The molecule has 3 aliphatic carbocycles. The number of nitrogens with one attached hydrogen (secondary N) is 1. The number of aliphatic hydroxyl groups excluding tert-OH is 2. The number of amides is 1. The van der Waals surface area contributed by atoms with Gasteiger partial charge < -0.3 is 31.5 Å². The van der Waals surface area contributed by atoms with Gasteiger partial charge in [0.15, 0.2) is 11.4 Å². The molecule has 7 N–H and O–H groups in total. The molecule has 0 saturated heterocycles. The monoisotopic (exact) mass is 489 g/mol. The summed E-state index contributed by atoms with van der Waals surface area (Å²) in [4.78, 5) is 40.3. The molecule has 0 spiro atoms. The zero-order chi connectivity index (χ0) is 24.9. The smallest absolute Gasteiger partial charge is 0.255 e. The molecule has 10 nitrogen and oxygen atoms in total. The predicted molar refractivity (Wildman–Crippen MR) is 120 cm³/mol. The van der Waals surface area contributed by atoms with E-state index in [1.165, 1.54) is 4.90 Å². The molecule has 0 aromatic heterocycles. The van der Waals surface area contributed by atoms with Crippen LogP contribution in [0.2, 0.25) is 5.02 Å². The molecule has 0 unspecified atom stereocenters. The van der Waals surface area contributed by atoms with Crippen molar-refractivity contribution in [3.63, 3.8) is 0 Å². The van der Waals surface area contributed by atoms with Crippen molar-refractivity contribution in [1.82, 2.24) is 10.2 Å². The Kier molecular flexibility index (Phi) is 4.90. The summed E-state index contributed by atoms with van der Waals surface area (Å²) in [5.74, 6) is -6.70. The highest BCUT2D eigenvalue weighted by atomic mass is 35.5. The SMILES string of the molecule is CN(C)[C@@H]1C(=O)C(C(N)=O)=C(O)[C@@]2(O)C(=O)C3=C(O)c4c(O)c5c(c(Cl)c4C[C@H]3C[C@@H]12)CNC5. The van der Waals surface area contributed by atoms with Crippen LogP contribution in [-0.2, 0) is 33.9 Å². The second-order valence-corrected chi connectivity index (χ2v) is 9.92. The molecular weight excluding hydrogens is 466 g/mol. The van der Waals surface area contributed by atoms with Gasteiger partial charge in [-0.1, -0.05) is 11.6 Å². The number of fused-ring (bicyclic) bond motifs is 4. The molecule has 1 aromatic carbocycles. The van der Waals surface area contributed by atoms with E-state index in [1.807, 2.05) is 0 Å². The Morgan fingerprint density at radius 2 is 1.79 bits per heavy atom. The zero-order valence-electron chi connectivity index (χ0n) is 18.5. The Morgan fingerprint density at radius 1 is 1.15 bits per heavy atom. The van der Waals surface area contributed by atoms with Crippen molar-refractivity contribution in [1.29, 1.82) is 0 Å². The minimum atomic E-state index is -2.65. The summed E-state index contributed by atoms with van der Waals surface area (Å²) >= 11 is 6.64. The molecule has 1 amide bonds. The first-order valence-corrected chi connectivity index (χ1v) is 11.2. The van der Waals surface area contributed by atoms with Gasteiger partial charge in [-0.05, 0) is 44.0 Å². The first kappa shape index (κ1) is 22.9. The number of carbonyl (C=O) groups excluding carboxylic acids is 3. The summed E-state index contributed by atoms with van der Waals surface area (Å²) in [5, 5.41) is 48.0. The van der Waals surface area contributed by atoms with Crippen molar-refractivity contribution in [2.45, 2.75) is 37.6 Å². The maximum Gasteiger partial charge on any atom is 0.255 e. The van der Waals surface area contributed by atoms with E-state index in [4.69, 9.17) is 17.3 Å². The number of aromatic hydroxyl groups is 1. The lowest BCUT2D eigenvalue weighted by Gasteiger charge is -2.50. The van der Waals surface area contributed by atoms with E-state index >= 15 is 0 Å². The summed E-state index contributed by atoms with van der Waals surface area (Å²) < 4.78 is 0. The Hall–Kier alpha value is -2.92. The number of nitrogens with zero attached hydrogens (tertiary/aromatic N) is 1. The molecule has 4 atom stereocenters. The van der Waals surface area contributed by atoms with Gasteiger partial charge in [-0.15, -0.1) is 0 Å². The molecule has 4 aliphatic rings. The van der Waals surface area contributed by atoms with Crippen molar-refractivity contribution in [3.8, 4) is 5.75 Å². The molecule has 34 heavy (non-hydrogen) atoms. The normalized spacial score (nSPS) is 30.3. The second kappa shape index (κ2) is 7.29. The van der Waals surface area contributed by atoms with E-state index in [2.05, 4.69) is 5.32 Å². The van der Waals surface area contributed by atoms with Gasteiger partial charge in [-0.25, -0.2) is 0 Å². The van der Waals surface area contributed by atoms with Crippen molar-refractivity contribution < 1.29 is 34.8 Å². The van der Waals surface area contributed by atoms with Crippen LogP contribution in [0.3, 0.4) is 0 Å². The van der Waals surface area contributed by atoms with Crippen LogP contribution < -0.4 is 11.1 Å². The fourth-order valence-corrected chi connectivity index (χ4v) is 6.48. The number of hydrogen-bond donors (Lipinski definition) is 6. The van der Waals surface area contributed by atoms with Gasteiger partial charge in [-0.3, -0.25) is 19.3 Å². The van der Waals surface area contributed by atoms with Crippen molar-refractivity contribution >= 4 is 34.8 Å². The van der Waals surface area contributed by atoms with Gasteiger partial charge in [0.25, 0.3) is 5.91 Å². The van der Waals surface area contributed by atoms with Crippen LogP contribution in [0.15, 0.2) is 16.9 Å². The third-order valence-corrected chi connectivity index (χ3v) is 8.09. The standard InChI is InChI=1S/C23H24ClN3O7/c1-27(2)16-11-4-7-3-8-13(17(28)10-6-26-5-9(10)15(8)24)18(29)12(7)20(31)23(11,34)21(32)14(19(16)30)22(25)33/h7,11,16,26,28-29,32,34H,3-6H2,1-2H3,(H2,25,33)/t7-,11-,16-,23-/m0/s1. The Morgan fingerprint density at radius 3 is 2.41 bits per heavy atom. The number of primary amides is 1. The molecule has 1 heterocycles. The lowest BCUT2D eigenvalue weighted by atomic mass is 9.57. The summed E-state index contributed by atoms with van der Waals surface area (Å²) in [5.41, 5.74) is 3.37. The van der Waals surface area contributed by atoms with Gasteiger partial charge >= 0.3 is 0 Å². The lowest BCUT2D eigenvalue weighted by molar-refractivity contribution is -0.153. The Bertz CT molecular complexity index is 1270. The van der Waals surface area contributed by atoms with E-state index in [1.54, 1.807) is 14.1 Å². The number of phenolic OH excluding ortho intramolecular Hbond substituents is 1. The average molecular weight is 490 g/mol. The van der Waals surface area contributed by atoms with Crippen LogP contribution >= 0.6 is 11.6 Å². The number of ketones is 2. The molecule has 1 aliphatic heterocycles. The molecule has 0 radical (unpaired) electrons. The van der Waals surface area contributed by atoms with E-state index < -0.39 is 58.0 Å². The Balaban J connectivity index is 1.76. The number of phenols is 1. The van der Waals surface area contributed by atoms with Crippen LogP contribution in [0.5, 0.6) is 5.75 Å². The third-order valence-electron chi connectivity index (χ3n) is 7.64. The van der Waals surface area contributed by atoms with Crippen molar-refractivity contribution in [3.05, 3.63) is 44.2 Å². The molecule has 180 valence electrons. The van der Waals surface area contributed by atoms with Crippen LogP contribution in [0.4, 0.5) is 0 Å². The fourth-order valence-electron chi connectivity index (χ4n) is 6.13. The topological polar surface area (TPSA) is 173 Å². The number of benzene rings is 1. The largest absolute Gasteiger partial charge is 0.508 e. The summed E-state index contributed by atoms with van der Waals surface area (Å²) in [6, 6.07) is -1.12. The summed E-state index contributed by atoms with van der Waals surface area (Å²) in [7, 11) is 3.11. The van der Waals surface area contributed by atoms with Gasteiger partial charge in [-0.2, -0.15) is 0 Å². The molecule has 0 bridgehead atoms. The molecular formula is C23H24ClN3O7. The summed E-state index contributed by atoms with van der Waals surface area (Å²) in [6.07, 6.45) is 0.201. The maximum atomic E-state index is 13.7. The molecule has 1 fully saturated rings. The predicted octanol–water partition coefficient (Wildman–Crippen LogP) is 0.221. The molecule has 11 heteroatoms. The van der Waals surface area contributed by atoms with Crippen LogP contribution in [-0.4, -0.2) is 68.5 Å². The molecule has 1 aromatic rings. The third kappa shape index (κ3) is 2.65. The minimum absolute atomic E-state index is 0.0174. The zero-order valence-corrected chi connectivity index (χ0v) is 19.2. The van der Waals surface area contributed by atoms with Gasteiger partial charge in [0.1, 0.15) is 22.8 Å². The Labute approximate surface area is 199 Å². The maximum absolute atomic E-state index is 13.7. The van der Waals surface area contributed by atoms with E-state index in [9.17, 15) is 34.8 Å². The first-order valence-electron chi connectivity index (χ1n) is 10.8. The minimum Gasteiger partial charge on any atom is -0.508 e. The second-order valence-electron chi connectivity index (χ2n) is 9.54. The average Bonchev–Trinajstić information content (AvgIpc) is 3.24. The van der Waals surface area contributed by atoms with Crippen LogP contribution in [0, 0.1) is 11.8 Å². The number of likely N-dealkylation sites (N-methyl/N-ethyl adjacent to an activating group) is 1. The van der Waals surface area contributed by atoms with Crippen molar-refractivity contribution in [2.24, 2.45) is 17.6 Å². The number of rotatable bonds is 2. The fraction of sp³-hybridized carbons (Fsp3) is 0.435.